The van der Waals surface area contributed by atoms with Crippen LogP contribution in [0.2, 0.25) is 0 Å². The minimum atomic E-state index is -0.169. The van der Waals surface area contributed by atoms with E-state index in [1.54, 1.807) is 0 Å². The Morgan fingerprint density at radius 2 is 1.54 bits per heavy atom. The Morgan fingerprint density at radius 1 is 0.846 bits per heavy atom. The molecule has 0 fully saturated rings. The number of hydrogen-bond donors (Lipinski definition) is 1. The van der Waals surface area contributed by atoms with Gasteiger partial charge in [0.1, 0.15) is 5.75 Å². The molecule has 26 heavy (non-hydrogen) atoms. The second kappa shape index (κ2) is 6.89. The highest BCUT2D eigenvalue weighted by atomic mass is 16.5. The summed E-state index contributed by atoms with van der Waals surface area (Å²) < 4.78 is 5.69. The minimum absolute atomic E-state index is 0.0268. The van der Waals surface area contributed by atoms with Gasteiger partial charge in [0, 0.05) is 5.39 Å². The van der Waals surface area contributed by atoms with Crippen molar-refractivity contribution in [3.8, 4) is 5.75 Å². The normalized spacial score (nSPS) is 10.8. The number of fused-ring (bicyclic) bond motifs is 2. The number of nitrogens with one attached hydrogen (secondary N) is 1. The molecule has 0 saturated carbocycles. The lowest BCUT2D eigenvalue weighted by Gasteiger charge is -2.13. The van der Waals surface area contributed by atoms with Crippen molar-refractivity contribution in [2.45, 2.75) is 6.92 Å². The van der Waals surface area contributed by atoms with E-state index in [-0.39, 0.29) is 12.5 Å². The van der Waals surface area contributed by atoms with E-state index >= 15 is 0 Å². The van der Waals surface area contributed by atoms with Crippen LogP contribution < -0.4 is 10.1 Å². The maximum absolute atomic E-state index is 12.4. The third kappa shape index (κ3) is 3.24. The predicted molar refractivity (Wildman–Crippen MR) is 107 cm³/mol. The Hall–Kier alpha value is -3.33. The van der Waals surface area contributed by atoms with Gasteiger partial charge in [-0.3, -0.25) is 4.79 Å². The molecule has 0 aromatic heterocycles. The number of aryl methyl sites for hydroxylation is 1. The fourth-order valence-corrected chi connectivity index (χ4v) is 3.13. The lowest BCUT2D eigenvalue weighted by Crippen LogP contribution is -2.20. The average Bonchev–Trinajstić information content (AvgIpc) is 2.68. The number of benzene rings is 4. The van der Waals surface area contributed by atoms with E-state index in [4.69, 9.17) is 4.74 Å². The highest BCUT2D eigenvalue weighted by Crippen LogP contribution is 2.27. The molecule has 0 radical (unpaired) electrons. The Morgan fingerprint density at radius 3 is 2.38 bits per heavy atom. The second-order valence-corrected chi connectivity index (χ2v) is 6.32. The number of rotatable bonds is 4. The first-order chi connectivity index (χ1) is 12.7. The number of ether oxygens (including phenoxy) is 1. The molecule has 128 valence electrons. The van der Waals surface area contributed by atoms with Crippen molar-refractivity contribution in [2.75, 3.05) is 11.9 Å². The monoisotopic (exact) mass is 341 g/mol. The first-order valence-corrected chi connectivity index (χ1v) is 8.60. The summed E-state index contributed by atoms with van der Waals surface area (Å²) >= 11 is 0. The van der Waals surface area contributed by atoms with E-state index in [0.717, 1.165) is 32.8 Å². The molecule has 0 unspecified atom stereocenters. The van der Waals surface area contributed by atoms with Crippen molar-refractivity contribution < 1.29 is 9.53 Å². The summed E-state index contributed by atoms with van der Waals surface area (Å²) in [5.74, 6) is 0.520. The summed E-state index contributed by atoms with van der Waals surface area (Å²) in [7, 11) is 0. The molecule has 4 aromatic carbocycles. The van der Waals surface area contributed by atoms with Crippen LogP contribution >= 0.6 is 0 Å². The number of hydrogen-bond acceptors (Lipinski definition) is 2. The van der Waals surface area contributed by atoms with E-state index in [9.17, 15) is 4.79 Å². The molecule has 4 rings (SSSR count). The molecule has 3 heteroatoms. The Kier molecular flexibility index (Phi) is 4.28. The van der Waals surface area contributed by atoms with Crippen molar-refractivity contribution in [3.05, 3.63) is 84.4 Å². The molecule has 1 amide bonds. The molecule has 0 heterocycles. The third-order valence-corrected chi connectivity index (χ3v) is 4.49. The van der Waals surface area contributed by atoms with Gasteiger partial charge in [-0.15, -0.1) is 0 Å². The Labute approximate surface area is 152 Å². The van der Waals surface area contributed by atoms with Gasteiger partial charge in [0.25, 0.3) is 5.91 Å². The quantitative estimate of drug-likeness (QED) is 0.545. The van der Waals surface area contributed by atoms with Crippen LogP contribution in [0.5, 0.6) is 5.75 Å². The van der Waals surface area contributed by atoms with Crippen LogP contribution in [0.1, 0.15) is 5.56 Å². The van der Waals surface area contributed by atoms with E-state index in [1.165, 1.54) is 0 Å². The fraction of sp³-hybridized carbons (Fsp3) is 0.0870. The van der Waals surface area contributed by atoms with Crippen molar-refractivity contribution in [3.63, 3.8) is 0 Å². The number of carbonyl (C=O) groups excluding carboxylic acids is 1. The lowest BCUT2D eigenvalue weighted by molar-refractivity contribution is -0.118. The van der Waals surface area contributed by atoms with Gasteiger partial charge in [0.05, 0.1) is 5.69 Å². The zero-order valence-corrected chi connectivity index (χ0v) is 14.5. The van der Waals surface area contributed by atoms with Gasteiger partial charge < -0.3 is 10.1 Å². The molecule has 1 N–H and O–H groups in total. The first kappa shape index (κ1) is 16.2. The minimum Gasteiger partial charge on any atom is -0.484 e. The number of carbonyl (C=O) groups is 1. The second-order valence-electron chi connectivity index (χ2n) is 6.32. The highest BCUT2D eigenvalue weighted by Gasteiger charge is 2.09. The van der Waals surface area contributed by atoms with Crippen LogP contribution in [-0.2, 0) is 4.79 Å². The van der Waals surface area contributed by atoms with Crippen LogP contribution in [0.4, 0.5) is 5.69 Å². The van der Waals surface area contributed by atoms with Crippen LogP contribution in [0.15, 0.2) is 78.9 Å². The molecule has 0 aliphatic heterocycles. The van der Waals surface area contributed by atoms with Crippen molar-refractivity contribution in [1.82, 2.24) is 0 Å². The zero-order valence-electron chi connectivity index (χ0n) is 14.5. The van der Waals surface area contributed by atoms with Crippen LogP contribution in [-0.4, -0.2) is 12.5 Å². The van der Waals surface area contributed by atoms with Gasteiger partial charge in [-0.05, 0) is 40.8 Å². The molecular formula is C23H19NO2. The molecule has 0 spiro atoms. The first-order valence-electron chi connectivity index (χ1n) is 8.60. The summed E-state index contributed by atoms with van der Waals surface area (Å²) in [5, 5.41) is 7.37. The largest absolute Gasteiger partial charge is 0.484 e. The topological polar surface area (TPSA) is 38.3 Å². The maximum Gasteiger partial charge on any atom is 0.262 e. The van der Waals surface area contributed by atoms with Gasteiger partial charge in [0.2, 0.25) is 0 Å². The zero-order chi connectivity index (χ0) is 17.9. The lowest BCUT2D eigenvalue weighted by atomic mass is 10.0. The highest BCUT2D eigenvalue weighted by molar-refractivity contribution is 6.03. The van der Waals surface area contributed by atoms with Crippen molar-refractivity contribution in [1.29, 1.82) is 0 Å². The predicted octanol–water partition coefficient (Wildman–Crippen LogP) is 5.32. The molecular weight excluding hydrogens is 322 g/mol. The molecule has 0 bridgehead atoms. The molecule has 0 aliphatic rings. The molecule has 4 aromatic rings. The molecule has 0 saturated heterocycles. The van der Waals surface area contributed by atoms with E-state index < -0.39 is 0 Å². The van der Waals surface area contributed by atoms with E-state index in [1.807, 2.05) is 73.7 Å². The maximum atomic E-state index is 12.4. The van der Waals surface area contributed by atoms with Crippen LogP contribution in [0, 0.1) is 6.92 Å². The standard InChI is InChI=1S/C23H19NO2/c1-16-10-11-18-7-4-5-9-21(18)23(16)24-22(25)15-26-20-13-12-17-6-2-3-8-19(17)14-20/h2-14H,15H2,1H3,(H,24,25). The Bertz CT molecular complexity index is 1100. The van der Waals surface area contributed by atoms with E-state index in [2.05, 4.69) is 17.4 Å². The Balaban J connectivity index is 1.49. The summed E-state index contributed by atoms with van der Waals surface area (Å²) in [5.41, 5.74) is 1.87. The smallest absolute Gasteiger partial charge is 0.262 e. The number of anilines is 1. The molecule has 0 aliphatic carbocycles. The van der Waals surface area contributed by atoms with Gasteiger partial charge in [-0.25, -0.2) is 0 Å². The average molecular weight is 341 g/mol. The SMILES string of the molecule is Cc1ccc2ccccc2c1NC(=O)COc1ccc2ccccc2c1. The molecule has 0 atom stereocenters. The summed E-state index contributed by atoms with van der Waals surface area (Å²) in [4.78, 5) is 12.4. The number of amides is 1. The van der Waals surface area contributed by atoms with Gasteiger partial charge in [-0.1, -0.05) is 66.7 Å². The van der Waals surface area contributed by atoms with Crippen molar-refractivity contribution >= 4 is 33.1 Å². The summed E-state index contributed by atoms with van der Waals surface area (Å²) in [6.07, 6.45) is 0. The van der Waals surface area contributed by atoms with Gasteiger partial charge in [-0.2, -0.15) is 0 Å². The van der Waals surface area contributed by atoms with Crippen LogP contribution in [0.3, 0.4) is 0 Å². The van der Waals surface area contributed by atoms with E-state index in [0.29, 0.717) is 5.75 Å². The van der Waals surface area contributed by atoms with Crippen molar-refractivity contribution in [2.24, 2.45) is 0 Å². The van der Waals surface area contributed by atoms with Gasteiger partial charge >= 0.3 is 0 Å². The molecule has 3 nitrogen and oxygen atoms in total. The third-order valence-electron chi connectivity index (χ3n) is 4.49. The summed E-state index contributed by atoms with van der Waals surface area (Å²) in [6.45, 7) is 1.97. The summed E-state index contributed by atoms with van der Waals surface area (Å²) in [6, 6.07) is 26.0. The van der Waals surface area contributed by atoms with Crippen LogP contribution in [0.25, 0.3) is 21.5 Å². The van der Waals surface area contributed by atoms with Gasteiger partial charge in [0.15, 0.2) is 6.61 Å². The fourth-order valence-electron chi connectivity index (χ4n) is 3.13.